The third-order valence-corrected chi connectivity index (χ3v) is 4.21. The zero-order valence-electron chi connectivity index (χ0n) is 13.1. The van der Waals surface area contributed by atoms with Crippen molar-refractivity contribution in [3.63, 3.8) is 0 Å². The fraction of sp³-hybridized carbons (Fsp3) is 0.0500. The zero-order valence-corrected chi connectivity index (χ0v) is 14.7. The minimum absolute atomic E-state index is 0.143. The fourth-order valence-corrected chi connectivity index (χ4v) is 2.89. The minimum atomic E-state index is -0.222. The highest BCUT2D eigenvalue weighted by atomic mass is 79.9. The highest BCUT2D eigenvalue weighted by Gasteiger charge is 2.20. The van der Waals surface area contributed by atoms with Gasteiger partial charge in [-0.1, -0.05) is 42.5 Å². The molecule has 0 aliphatic heterocycles. The number of halogens is 1. The molecule has 0 radical (unpaired) electrons. The fourth-order valence-electron chi connectivity index (χ4n) is 2.58. The first-order valence-electron chi connectivity index (χ1n) is 7.70. The van der Waals surface area contributed by atoms with Crippen molar-refractivity contribution in [1.82, 2.24) is 0 Å². The monoisotopic (exact) mass is 396 g/mol. The van der Waals surface area contributed by atoms with E-state index in [0.717, 1.165) is 5.56 Å². The van der Waals surface area contributed by atoms with Gasteiger partial charge in [-0.25, -0.2) is 0 Å². The van der Waals surface area contributed by atoms with E-state index in [0.29, 0.717) is 21.4 Å². The Bertz CT molecular complexity index is 1080. The molecule has 0 unspecified atom stereocenters. The van der Waals surface area contributed by atoms with Crippen LogP contribution in [0.1, 0.15) is 5.56 Å². The topological polar surface area (TPSA) is 52.6 Å². The van der Waals surface area contributed by atoms with Crippen LogP contribution in [0, 0.1) is 0 Å². The lowest BCUT2D eigenvalue weighted by Gasteiger charge is -2.10. The van der Waals surface area contributed by atoms with Crippen molar-refractivity contribution >= 4 is 26.9 Å². The Labute approximate surface area is 151 Å². The summed E-state index contributed by atoms with van der Waals surface area (Å²) in [5.74, 6) is 0.854. The Balaban J connectivity index is 1.85. The van der Waals surface area contributed by atoms with Gasteiger partial charge in [0.1, 0.15) is 12.2 Å². The molecule has 25 heavy (non-hydrogen) atoms. The second-order valence-electron chi connectivity index (χ2n) is 5.46. The van der Waals surface area contributed by atoms with Gasteiger partial charge in [0.15, 0.2) is 10.4 Å². The number of ether oxygens (including phenoxy) is 1. The molecular formula is C20H13BrO4. The summed E-state index contributed by atoms with van der Waals surface area (Å²) < 4.78 is 17.9. The van der Waals surface area contributed by atoms with Crippen LogP contribution in [0.15, 0.2) is 85.0 Å². The summed E-state index contributed by atoms with van der Waals surface area (Å²) in [4.78, 5) is 12.9. The third kappa shape index (κ3) is 3.10. The predicted octanol–water partition coefficient (Wildman–Crippen LogP) is 5.39. The average molecular weight is 397 g/mol. The van der Waals surface area contributed by atoms with Crippen LogP contribution >= 0.6 is 15.9 Å². The second kappa shape index (κ2) is 6.61. The summed E-state index contributed by atoms with van der Waals surface area (Å²) >= 11 is 3.27. The van der Waals surface area contributed by atoms with Crippen molar-refractivity contribution in [3.8, 4) is 17.3 Å². The number of fused-ring (bicyclic) bond motifs is 1. The number of furan rings is 1. The lowest BCUT2D eigenvalue weighted by Crippen LogP contribution is -2.10. The molecule has 2 aromatic heterocycles. The van der Waals surface area contributed by atoms with Crippen molar-refractivity contribution in [2.45, 2.75) is 6.61 Å². The summed E-state index contributed by atoms with van der Waals surface area (Å²) in [6.45, 7) is 0.263. The molecule has 0 saturated carbocycles. The Kier molecular flexibility index (Phi) is 4.15. The molecule has 0 atom stereocenters. The summed E-state index contributed by atoms with van der Waals surface area (Å²) in [6.07, 6.45) is 0. The van der Waals surface area contributed by atoms with Crippen molar-refractivity contribution in [2.75, 3.05) is 0 Å². The average Bonchev–Trinajstić information content (AvgIpc) is 3.08. The number of para-hydroxylation sites is 1. The van der Waals surface area contributed by atoms with Crippen molar-refractivity contribution < 1.29 is 13.6 Å². The molecule has 2 heterocycles. The van der Waals surface area contributed by atoms with Gasteiger partial charge in [-0.3, -0.25) is 4.79 Å². The van der Waals surface area contributed by atoms with E-state index >= 15 is 0 Å². The van der Waals surface area contributed by atoms with Crippen LogP contribution in [-0.2, 0) is 6.61 Å². The third-order valence-electron chi connectivity index (χ3n) is 3.78. The van der Waals surface area contributed by atoms with Crippen LogP contribution in [0.3, 0.4) is 0 Å². The molecule has 0 aliphatic carbocycles. The lowest BCUT2D eigenvalue weighted by molar-refractivity contribution is 0.296. The zero-order chi connectivity index (χ0) is 17.2. The minimum Gasteiger partial charge on any atom is -0.481 e. The Morgan fingerprint density at radius 1 is 0.880 bits per heavy atom. The number of benzene rings is 2. The van der Waals surface area contributed by atoms with E-state index in [4.69, 9.17) is 13.6 Å². The van der Waals surface area contributed by atoms with E-state index in [9.17, 15) is 4.79 Å². The highest BCUT2D eigenvalue weighted by molar-refractivity contribution is 9.10. The van der Waals surface area contributed by atoms with Gasteiger partial charge in [0.2, 0.25) is 16.9 Å². The maximum Gasteiger partial charge on any atom is 0.235 e. The van der Waals surface area contributed by atoms with E-state index in [2.05, 4.69) is 15.9 Å². The molecule has 4 aromatic rings. The van der Waals surface area contributed by atoms with Gasteiger partial charge in [-0.2, -0.15) is 0 Å². The summed E-state index contributed by atoms with van der Waals surface area (Å²) in [5, 5.41) is 0.472. The highest BCUT2D eigenvalue weighted by Crippen LogP contribution is 2.33. The van der Waals surface area contributed by atoms with Crippen LogP contribution in [0.4, 0.5) is 0 Å². The summed E-state index contributed by atoms with van der Waals surface area (Å²) in [5.41, 5.74) is 1.23. The van der Waals surface area contributed by atoms with Gasteiger partial charge in [0.05, 0.1) is 5.39 Å². The molecule has 0 bridgehead atoms. The van der Waals surface area contributed by atoms with E-state index in [1.807, 2.05) is 36.4 Å². The summed E-state index contributed by atoms with van der Waals surface area (Å²) in [6, 6.07) is 20.2. The van der Waals surface area contributed by atoms with Crippen molar-refractivity contribution in [2.24, 2.45) is 0 Å². The first kappa shape index (κ1) is 15.7. The summed E-state index contributed by atoms with van der Waals surface area (Å²) in [7, 11) is 0. The molecule has 0 fully saturated rings. The molecule has 0 aliphatic rings. The van der Waals surface area contributed by atoms with Gasteiger partial charge >= 0.3 is 0 Å². The van der Waals surface area contributed by atoms with Gasteiger partial charge in [-0.15, -0.1) is 0 Å². The SMILES string of the molecule is O=c1c(OCc2ccccc2)c(-c2ccc(Br)o2)oc2ccccc12. The van der Waals surface area contributed by atoms with Gasteiger partial charge in [0, 0.05) is 0 Å². The standard InChI is InChI=1S/C20H13BrO4/c21-17-11-10-16(24-17)19-20(23-12-13-6-2-1-3-7-13)18(22)14-8-4-5-9-15(14)25-19/h1-11H,12H2. The van der Waals surface area contributed by atoms with Crippen LogP contribution in [-0.4, -0.2) is 0 Å². The van der Waals surface area contributed by atoms with Crippen LogP contribution in [0.25, 0.3) is 22.5 Å². The maximum atomic E-state index is 12.9. The molecule has 5 heteroatoms. The first-order valence-corrected chi connectivity index (χ1v) is 8.50. The van der Waals surface area contributed by atoms with Crippen LogP contribution in [0.2, 0.25) is 0 Å². The molecule has 0 amide bonds. The molecule has 4 rings (SSSR count). The van der Waals surface area contributed by atoms with E-state index < -0.39 is 0 Å². The van der Waals surface area contributed by atoms with Gasteiger partial charge < -0.3 is 13.6 Å². The van der Waals surface area contributed by atoms with Crippen molar-refractivity contribution in [1.29, 1.82) is 0 Å². The normalized spacial score (nSPS) is 10.9. The van der Waals surface area contributed by atoms with Crippen LogP contribution < -0.4 is 10.2 Å². The van der Waals surface area contributed by atoms with Gasteiger partial charge in [-0.05, 0) is 45.8 Å². The molecule has 0 N–H and O–H groups in total. The molecule has 2 aromatic carbocycles. The largest absolute Gasteiger partial charge is 0.481 e. The number of rotatable bonds is 4. The molecular weight excluding hydrogens is 384 g/mol. The molecule has 0 spiro atoms. The molecule has 0 saturated heterocycles. The predicted molar refractivity (Wildman–Crippen MR) is 98.7 cm³/mol. The lowest BCUT2D eigenvalue weighted by atomic mass is 10.2. The molecule has 4 nitrogen and oxygen atoms in total. The second-order valence-corrected chi connectivity index (χ2v) is 6.25. The Hall–Kier alpha value is -2.79. The quantitative estimate of drug-likeness (QED) is 0.463. The first-order chi connectivity index (χ1) is 12.2. The van der Waals surface area contributed by atoms with Gasteiger partial charge in [0.25, 0.3) is 0 Å². The van der Waals surface area contributed by atoms with E-state index in [1.54, 1.807) is 30.3 Å². The van der Waals surface area contributed by atoms with Crippen LogP contribution in [0.5, 0.6) is 5.75 Å². The van der Waals surface area contributed by atoms with E-state index in [-0.39, 0.29) is 23.5 Å². The van der Waals surface area contributed by atoms with E-state index in [1.165, 1.54) is 0 Å². The number of hydrogen-bond acceptors (Lipinski definition) is 4. The van der Waals surface area contributed by atoms with Crippen molar-refractivity contribution in [3.05, 3.63) is 87.2 Å². The number of hydrogen-bond donors (Lipinski definition) is 0. The Morgan fingerprint density at radius 2 is 1.64 bits per heavy atom. The Morgan fingerprint density at radius 3 is 2.40 bits per heavy atom. The smallest absolute Gasteiger partial charge is 0.235 e. The molecule has 124 valence electrons. The maximum absolute atomic E-state index is 12.9.